The van der Waals surface area contributed by atoms with Crippen molar-refractivity contribution in [2.45, 2.75) is 50.9 Å². The molecule has 2 aromatic carbocycles. The third-order valence-electron chi connectivity index (χ3n) is 5.26. The SMILES string of the molecule is Cc1cc2c(cc1C(F)(F)F)NCCC[C@@H]2NCc1cc(C(F)(F)F)cc(C(F)(F)F)c1. The number of benzene rings is 2. The first-order valence-corrected chi connectivity index (χ1v) is 9.63. The molecule has 0 radical (unpaired) electrons. The zero-order valence-corrected chi connectivity index (χ0v) is 16.7. The summed E-state index contributed by atoms with van der Waals surface area (Å²) in [6.45, 7) is 1.36. The van der Waals surface area contributed by atoms with Gasteiger partial charge in [0.2, 0.25) is 0 Å². The Morgan fingerprint density at radius 1 is 0.844 bits per heavy atom. The molecule has 2 aromatic rings. The highest BCUT2D eigenvalue weighted by molar-refractivity contribution is 5.58. The fourth-order valence-corrected chi connectivity index (χ4v) is 3.74. The van der Waals surface area contributed by atoms with Gasteiger partial charge in [-0.15, -0.1) is 0 Å². The monoisotopic (exact) mass is 470 g/mol. The van der Waals surface area contributed by atoms with E-state index in [0.717, 1.165) is 6.07 Å². The van der Waals surface area contributed by atoms with Crippen molar-refractivity contribution in [3.05, 3.63) is 63.7 Å². The summed E-state index contributed by atoms with van der Waals surface area (Å²) in [5, 5.41) is 5.83. The van der Waals surface area contributed by atoms with Crippen LogP contribution in [0.3, 0.4) is 0 Å². The normalized spacial score (nSPS) is 17.5. The van der Waals surface area contributed by atoms with Crippen LogP contribution >= 0.6 is 0 Å². The zero-order chi connectivity index (χ0) is 23.9. The maximum Gasteiger partial charge on any atom is 0.416 e. The lowest BCUT2D eigenvalue weighted by molar-refractivity contribution is -0.143. The van der Waals surface area contributed by atoms with Crippen LogP contribution in [0.4, 0.5) is 45.2 Å². The molecular formula is C21H19F9N2. The minimum absolute atomic E-state index is 0.0230. The standard InChI is InChI=1S/C21H19F9N2/c1-11-5-15-17(3-2-4-31-18(15)9-16(11)21(28,29)30)32-10-12-6-13(19(22,23)24)8-14(7-12)20(25,26)27/h5-9,17,31-32H,2-4,10H2,1H3/t17-/m0/s1. The maximum atomic E-state index is 13.2. The molecule has 0 saturated heterocycles. The van der Waals surface area contributed by atoms with Gasteiger partial charge in [-0.05, 0) is 60.7 Å². The molecule has 0 saturated carbocycles. The quantitative estimate of drug-likeness (QED) is 0.468. The van der Waals surface area contributed by atoms with Gasteiger partial charge in [-0.25, -0.2) is 0 Å². The summed E-state index contributed by atoms with van der Waals surface area (Å²) in [5.74, 6) is 0. The van der Waals surface area contributed by atoms with Gasteiger partial charge >= 0.3 is 18.5 Å². The highest BCUT2D eigenvalue weighted by atomic mass is 19.4. The number of anilines is 1. The average molecular weight is 470 g/mol. The minimum atomic E-state index is -4.96. The van der Waals surface area contributed by atoms with Gasteiger partial charge in [0, 0.05) is 24.8 Å². The van der Waals surface area contributed by atoms with Crippen LogP contribution in [0.15, 0.2) is 30.3 Å². The molecule has 0 aliphatic carbocycles. The van der Waals surface area contributed by atoms with E-state index in [1.54, 1.807) is 0 Å². The fourth-order valence-electron chi connectivity index (χ4n) is 3.74. The summed E-state index contributed by atoms with van der Waals surface area (Å²) in [6.07, 6.45) is -13.5. The molecule has 0 fully saturated rings. The minimum Gasteiger partial charge on any atom is -0.385 e. The summed E-state index contributed by atoms with van der Waals surface area (Å²) in [4.78, 5) is 0. The Bertz CT molecular complexity index is 943. The first-order chi connectivity index (χ1) is 14.7. The average Bonchev–Trinajstić information content (AvgIpc) is 2.85. The molecule has 0 spiro atoms. The number of alkyl halides is 9. The molecule has 2 N–H and O–H groups in total. The molecular weight excluding hydrogens is 451 g/mol. The number of fused-ring (bicyclic) bond motifs is 1. The van der Waals surface area contributed by atoms with E-state index in [4.69, 9.17) is 0 Å². The second-order valence-corrected chi connectivity index (χ2v) is 7.67. The van der Waals surface area contributed by atoms with Crippen molar-refractivity contribution >= 4 is 5.69 Å². The van der Waals surface area contributed by atoms with Crippen LogP contribution in [0.1, 0.15) is 52.3 Å². The Morgan fingerprint density at radius 2 is 1.44 bits per heavy atom. The molecule has 32 heavy (non-hydrogen) atoms. The number of rotatable bonds is 3. The lowest BCUT2D eigenvalue weighted by atomic mass is 9.96. The molecule has 0 unspecified atom stereocenters. The molecule has 2 nitrogen and oxygen atoms in total. The zero-order valence-electron chi connectivity index (χ0n) is 16.7. The van der Waals surface area contributed by atoms with E-state index in [9.17, 15) is 39.5 Å². The van der Waals surface area contributed by atoms with Crippen molar-refractivity contribution in [3.63, 3.8) is 0 Å². The predicted octanol–water partition coefficient (Wildman–Crippen LogP) is 7.09. The molecule has 176 valence electrons. The van der Waals surface area contributed by atoms with Crippen LogP contribution in [-0.4, -0.2) is 6.54 Å². The third kappa shape index (κ3) is 5.48. The fraction of sp³-hybridized carbons (Fsp3) is 0.429. The van der Waals surface area contributed by atoms with E-state index in [1.807, 2.05) is 0 Å². The molecule has 1 heterocycles. The summed E-state index contributed by atoms with van der Waals surface area (Å²) < 4.78 is 118. The number of aryl methyl sites for hydroxylation is 1. The summed E-state index contributed by atoms with van der Waals surface area (Å²) in [5.41, 5.74) is -3.18. The van der Waals surface area contributed by atoms with E-state index in [0.29, 0.717) is 37.1 Å². The van der Waals surface area contributed by atoms with Crippen molar-refractivity contribution in [2.75, 3.05) is 11.9 Å². The Balaban J connectivity index is 1.92. The van der Waals surface area contributed by atoms with Gasteiger partial charge in [0.05, 0.1) is 16.7 Å². The summed E-state index contributed by atoms with van der Waals surface area (Å²) in [6, 6.07) is 3.10. The van der Waals surface area contributed by atoms with E-state index in [2.05, 4.69) is 10.6 Å². The van der Waals surface area contributed by atoms with Crippen molar-refractivity contribution in [2.24, 2.45) is 0 Å². The number of hydrogen-bond donors (Lipinski definition) is 2. The molecule has 3 rings (SSSR count). The summed E-state index contributed by atoms with van der Waals surface area (Å²) >= 11 is 0. The Morgan fingerprint density at radius 3 is 1.97 bits per heavy atom. The highest BCUT2D eigenvalue weighted by Crippen LogP contribution is 2.39. The predicted molar refractivity (Wildman–Crippen MR) is 99.9 cm³/mol. The van der Waals surface area contributed by atoms with Crippen LogP contribution in [0.2, 0.25) is 0 Å². The second kappa shape index (κ2) is 8.49. The van der Waals surface area contributed by atoms with E-state index < -0.39 is 41.3 Å². The maximum absolute atomic E-state index is 13.2. The Kier molecular flexibility index (Phi) is 6.43. The molecule has 0 amide bonds. The first kappa shape index (κ1) is 24.2. The van der Waals surface area contributed by atoms with Gasteiger partial charge in [-0.2, -0.15) is 39.5 Å². The molecule has 1 atom stereocenters. The number of nitrogens with one attached hydrogen (secondary N) is 2. The Labute approximate surface area is 177 Å². The van der Waals surface area contributed by atoms with Crippen molar-refractivity contribution in [3.8, 4) is 0 Å². The van der Waals surface area contributed by atoms with E-state index in [1.165, 1.54) is 13.0 Å². The second-order valence-electron chi connectivity index (χ2n) is 7.67. The van der Waals surface area contributed by atoms with Gasteiger partial charge < -0.3 is 10.6 Å². The lowest BCUT2D eigenvalue weighted by Gasteiger charge is -2.22. The third-order valence-corrected chi connectivity index (χ3v) is 5.26. The van der Waals surface area contributed by atoms with E-state index >= 15 is 0 Å². The van der Waals surface area contributed by atoms with Crippen LogP contribution in [0, 0.1) is 6.92 Å². The smallest absolute Gasteiger partial charge is 0.385 e. The lowest BCUT2D eigenvalue weighted by Crippen LogP contribution is -2.22. The Hall–Kier alpha value is -2.43. The van der Waals surface area contributed by atoms with Crippen molar-refractivity contribution in [1.82, 2.24) is 5.32 Å². The first-order valence-electron chi connectivity index (χ1n) is 9.63. The topological polar surface area (TPSA) is 24.1 Å². The number of halogens is 9. The van der Waals surface area contributed by atoms with Crippen LogP contribution < -0.4 is 10.6 Å². The van der Waals surface area contributed by atoms with Crippen molar-refractivity contribution in [1.29, 1.82) is 0 Å². The molecule has 0 bridgehead atoms. The molecule has 1 aliphatic rings. The summed E-state index contributed by atoms with van der Waals surface area (Å²) in [7, 11) is 0. The molecule has 11 heteroatoms. The van der Waals surface area contributed by atoms with E-state index in [-0.39, 0.29) is 29.4 Å². The van der Waals surface area contributed by atoms with Gasteiger partial charge in [-0.3, -0.25) is 0 Å². The molecule has 1 aliphatic heterocycles. The van der Waals surface area contributed by atoms with Crippen molar-refractivity contribution < 1.29 is 39.5 Å². The largest absolute Gasteiger partial charge is 0.416 e. The van der Waals surface area contributed by atoms with Crippen LogP contribution in [0.25, 0.3) is 0 Å². The van der Waals surface area contributed by atoms with Gasteiger partial charge in [-0.1, -0.05) is 6.07 Å². The van der Waals surface area contributed by atoms with Crippen LogP contribution in [-0.2, 0) is 25.1 Å². The van der Waals surface area contributed by atoms with Gasteiger partial charge in [0.1, 0.15) is 0 Å². The van der Waals surface area contributed by atoms with Crippen LogP contribution in [0.5, 0.6) is 0 Å². The molecule has 0 aromatic heterocycles. The van der Waals surface area contributed by atoms with Gasteiger partial charge in [0.25, 0.3) is 0 Å². The van der Waals surface area contributed by atoms with Gasteiger partial charge in [0.15, 0.2) is 0 Å². The highest BCUT2D eigenvalue weighted by Gasteiger charge is 2.37. The number of hydrogen-bond acceptors (Lipinski definition) is 2.